The van der Waals surface area contributed by atoms with Crippen molar-refractivity contribution in [1.29, 1.82) is 0 Å². The molecule has 1 aromatic heterocycles. The maximum absolute atomic E-state index is 11.3. The second-order valence-electron chi connectivity index (χ2n) is 5.06. The van der Waals surface area contributed by atoms with Crippen molar-refractivity contribution in [2.75, 3.05) is 27.7 Å². The molecule has 0 spiro atoms. The van der Waals surface area contributed by atoms with Crippen molar-refractivity contribution in [1.82, 2.24) is 14.8 Å². The molecule has 5 nitrogen and oxygen atoms in total. The molecule has 2 aromatic rings. The first-order chi connectivity index (χ1) is 9.54. The van der Waals surface area contributed by atoms with Gasteiger partial charge in [-0.05, 0) is 25.7 Å². The quantitative estimate of drug-likeness (QED) is 0.930. The van der Waals surface area contributed by atoms with Crippen molar-refractivity contribution >= 4 is 17.0 Å². The Kier molecular flexibility index (Phi) is 4.29. The number of hydrogen-bond acceptors (Lipinski definition) is 3. The fourth-order valence-corrected chi connectivity index (χ4v) is 2.46. The van der Waals surface area contributed by atoms with Gasteiger partial charge in [-0.1, -0.05) is 18.2 Å². The van der Waals surface area contributed by atoms with Crippen LogP contribution < -0.4 is 5.32 Å². The van der Waals surface area contributed by atoms with Crippen LogP contribution in [-0.2, 0) is 11.8 Å². The number of likely N-dealkylation sites (N-methyl/N-ethyl adjacent to an activating group) is 1. The summed E-state index contributed by atoms with van der Waals surface area (Å²) < 4.78 is 6.75. The summed E-state index contributed by atoms with van der Waals surface area (Å²) in [5, 5.41) is 3.98. The number of carbonyl (C=O) groups excluding carboxylic acids is 1. The number of nitrogens with one attached hydrogen (secondary N) is 1. The third kappa shape index (κ3) is 2.77. The van der Waals surface area contributed by atoms with Crippen LogP contribution in [0.15, 0.2) is 30.5 Å². The van der Waals surface area contributed by atoms with Crippen LogP contribution in [0.5, 0.6) is 0 Å². The van der Waals surface area contributed by atoms with E-state index in [1.165, 1.54) is 23.6 Å². The van der Waals surface area contributed by atoms with E-state index >= 15 is 0 Å². The molecule has 20 heavy (non-hydrogen) atoms. The number of carbonyl (C=O) groups is 1. The highest BCUT2D eigenvalue weighted by atomic mass is 16.5. The smallest absolute Gasteiger partial charge is 0.406 e. The average Bonchev–Trinajstić information content (AvgIpc) is 2.76. The van der Waals surface area contributed by atoms with Crippen LogP contribution in [0.3, 0.4) is 0 Å². The van der Waals surface area contributed by atoms with E-state index < -0.39 is 6.09 Å². The fraction of sp³-hybridized carbons (Fsp3) is 0.400. The van der Waals surface area contributed by atoms with Gasteiger partial charge in [-0.3, -0.25) is 0 Å². The summed E-state index contributed by atoms with van der Waals surface area (Å²) in [6, 6.07) is 8.37. The number of benzene rings is 1. The molecule has 1 amide bonds. The van der Waals surface area contributed by atoms with Crippen LogP contribution in [0.2, 0.25) is 0 Å². The van der Waals surface area contributed by atoms with E-state index in [-0.39, 0.29) is 6.04 Å². The third-order valence-electron chi connectivity index (χ3n) is 3.54. The summed E-state index contributed by atoms with van der Waals surface area (Å²) in [6.07, 6.45) is 1.71. The zero-order valence-electron chi connectivity index (χ0n) is 12.4. The zero-order valence-corrected chi connectivity index (χ0v) is 12.4. The van der Waals surface area contributed by atoms with Gasteiger partial charge in [0.15, 0.2) is 0 Å². The molecule has 0 radical (unpaired) electrons. The maximum atomic E-state index is 11.3. The van der Waals surface area contributed by atoms with Gasteiger partial charge in [0.05, 0.1) is 13.2 Å². The van der Waals surface area contributed by atoms with Gasteiger partial charge < -0.3 is 19.5 Å². The van der Waals surface area contributed by atoms with Crippen LogP contribution in [-0.4, -0.2) is 43.3 Å². The van der Waals surface area contributed by atoms with E-state index in [4.69, 9.17) is 0 Å². The molecule has 0 saturated heterocycles. The first kappa shape index (κ1) is 14.4. The first-order valence-electron chi connectivity index (χ1n) is 6.56. The normalized spacial score (nSPS) is 12.7. The highest BCUT2D eigenvalue weighted by molar-refractivity contribution is 5.84. The molecular weight excluding hydrogens is 254 g/mol. The number of rotatable bonds is 4. The highest BCUT2D eigenvalue weighted by Crippen LogP contribution is 2.28. The van der Waals surface area contributed by atoms with Crippen molar-refractivity contribution in [3.05, 3.63) is 36.0 Å². The maximum Gasteiger partial charge on any atom is 0.406 e. The van der Waals surface area contributed by atoms with Crippen molar-refractivity contribution < 1.29 is 9.53 Å². The molecule has 1 atom stereocenters. The number of methoxy groups -OCH3 is 1. The number of para-hydroxylation sites is 1. The topological polar surface area (TPSA) is 46.5 Å². The molecule has 1 aromatic carbocycles. The van der Waals surface area contributed by atoms with Crippen molar-refractivity contribution in [3.8, 4) is 0 Å². The molecule has 0 saturated carbocycles. The first-order valence-corrected chi connectivity index (χ1v) is 6.56. The Labute approximate surface area is 119 Å². The second-order valence-corrected chi connectivity index (χ2v) is 5.06. The molecule has 0 aliphatic heterocycles. The van der Waals surface area contributed by atoms with E-state index in [9.17, 15) is 4.79 Å². The molecular formula is C15H21N3O2. The van der Waals surface area contributed by atoms with Crippen LogP contribution in [0.4, 0.5) is 4.79 Å². The van der Waals surface area contributed by atoms with E-state index in [1.54, 1.807) is 0 Å². The van der Waals surface area contributed by atoms with Crippen molar-refractivity contribution in [2.24, 2.45) is 7.05 Å². The van der Waals surface area contributed by atoms with E-state index in [2.05, 4.69) is 37.9 Å². The number of ether oxygens (including phenoxy) is 1. The van der Waals surface area contributed by atoms with Crippen molar-refractivity contribution in [3.63, 3.8) is 0 Å². The Morgan fingerprint density at radius 2 is 2.10 bits per heavy atom. The summed E-state index contributed by atoms with van der Waals surface area (Å²) in [4.78, 5) is 13.4. The molecule has 1 unspecified atom stereocenters. The van der Waals surface area contributed by atoms with Gasteiger partial charge in [-0.15, -0.1) is 0 Å². The Bertz CT molecular complexity index is 604. The summed E-state index contributed by atoms with van der Waals surface area (Å²) >= 11 is 0. The number of nitrogens with zero attached hydrogens (tertiary/aromatic N) is 2. The number of aromatic nitrogens is 1. The average molecular weight is 275 g/mol. The molecule has 1 heterocycles. The van der Waals surface area contributed by atoms with Gasteiger partial charge in [0.1, 0.15) is 0 Å². The second kappa shape index (κ2) is 5.96. The predicted molar refractivity (Wildman–Crippen MR) is 79.8 cm³/mol. The lowest BCUT2D eigenvalue weighted by Crippen LogP contribution is -2.34. The monoisotopic (exact) mass is 275 g/mol. The molecule has 0 fully saturated rings. The largest absolute Gasteiger partial charge is 0.453 e. The number of alkyl carbamates (subject to hydrolysis) is 1. The highest BCUT2D eigenvalue weighted by Gasteiger charge is 2.19. The third-order valence-corrected chi connectivity index (χ3v) is 3.54. The molecule has 0 bridgehead atoms. The van der Waals surface area contributed by atoms with E-state index in [0.717, 1.165) is 0 Å². The van der Waals surface area contributed by atoms with Gasteiger partial charge in [0.25, 0.3) is 0 Å². The summed E-state index contributed by atoms with van der Waals surface area (Å²) in [6.45, 7) is 0.508. The standard InChI is InChI=1S/C15H21N3O2/c1-17(2)14(9-16-15(19)20-4)12-10-18(3)13-8-6-5-7-11(12)13/h5-8,10,14H,9H2,1-4H3,(H,16,19). The zero-order chi connectivity index (χ0) is 14.7. The van der Waals surface area contributed by atoms with Gasteiger partial charge in [0, 0.05) is 30.7 Å². The Hall–Kier alpha value is -2.01. The molecule has 1 N–H and O–H groups in total. The van der Waals surface area contributed by atoms with Crippen molar-refractivity contribution in [2.45, 2.75) is 6.04 Å². The van der Waals surface area contributed by atoms with Crippen LogP contribution in [0.1, 0.15) is 11.6 Å². The molecule has 5 heteroatoms. The summed E-state index contributed by atoms with van der Waals surface area (Å²) in [7, 11) is 7.42. The van der Waals surface area contributed by atoms with Gasteiger partial charge in [-0.25, -0.2) is 4.79 Å². The molecule has 2 rings (SSSR count). The van der Waals surface area contributed by atoms with Crippen LogP contribution in [0, 0.1) is 0 Å². The van der Waals surface area contributed by atoms with Gasteiger partial charge in [-0.2, -0.15) is 0 Å². The fourth-order valence-electron chi connectivity index (χ4n) is 2.46. The minimum absolute atomic E-state index is 0.0974. The number of fused-ring (bicyclic) bond motifs is 1. The predicted octanol–water partition coefficient (Wildman–Crippen LogP) is 2.14. The lowest BCUT2D eigenvalue weighted by atomic mass is 10.1. The summed E-state index contributed by atoms with van der Waals surface area (Å²) in [5.41, 5.74) is 2.39. The lowest BCUT2D eigenvalue weighted by Gasteiger charge is -2.24. The lowest BCUT2D eigenvalue weighted by molar-refractivity contribution is 0.166. The number of amides is 1. The van der Waals surface area contributed by atoms with E-state index in [1.807, 2.05) is 33.3 Å². The Morgan fingerprint density at radius 1 is 1.40 bits per heavy atom. The Morgan fingerprint density at radius 3 is 2.75 bits per heavy atom. The number of hydrogen-bond donors (Lipinski definition) is 1. The van der Waals surface area contributed by atoms with Gasteiger partial charge >= 0.3 is 6.09 Å². The minimum atomic E-state index is -0.405. The molecule has 108 valence electrons. The van der Waals surface area contributed by atoms with Crippen LogP contribution in [0.25, 0.3) is 10.9 Å². The van der Waals surface area contributed by atoms with E-state index in [0.29, 0.717) is 6.54 Å². The SMILES string of the molecule is COC(=O)NCC(c1cn(C)c2ccccc12)N(C)C. The number of aryl methyl sites for hydroxylation is 1. The minimum Gasteiger partial charge on any atom is -0.453 e. The van der Waals surface area contributed by atoms with Crippen LogP contribution >= 0.6 is 0 Å². The Balaban J connectivity index is 2.34. The summed E-state index contributed by atoms with van der Waals surface area (Å²) in [5.74, 6) is 0. The molecule has 0 aliphatic carbocycles. The van der Waals surface area contributed by atoms with Gasteiger partial charge in [0.2, 0.25) is 0 Å². The molecule has 0 aliphatic rings.